The van der Waals surface area contributed by atoms with Crippen molar-refractivity contribution in [2.45, 2.75) is 31.7 Å². The number of carbonyl (C=O) groups excluding carboxylic acids is 1. The lowest BCUT2D eigenvalue weighted by Crippen LogP contribution is -2.26. The molecular weight excluding hydrogens is 378 g/mol. The molecule has 0 bridgehead atoms. The first kappa shape index (κ1) is 18.4. The molecule has 1 aromatic heterocycles. The van der Waals surface area contributed by atoms with Crippen LogP contribution < -0.4 is 21.6 Å². The fourth-order valence-corrected chi connectivity index (χ4v) is 3.70. The Morgan fingerprint density at radius 2 is 1.68 bits per heavy atom. The van der Waals surface area contributed by atoms with Gasteiger partial charge in [-0.3, -0.25) is 5.32 Å². The summed E-state index contributed by atoms with van der Waals surface area (Å²) in [5.41, 5.74) is 1.01. The monoisotopic (exact) mass is 397 g/mol. The summed E-state index contributed by atoms with van der Waals surface area (Å²) in [5.74, 6) is 0. The molecule has 0 unspecified atom stereocenters. The number of urea groups is 1. The highest BCUT2D eigenvalue weighted by Crippen LogP contribution is 2.32. The lowest BCUT2D eigenvalue weighted by molar-refractivity contribution is 0.262. The highest BCUT2D eigenvalue weighted by molar-refractivity contribution is 6.33. The Labute approximate surface area is 166 Å². The van der Waals surface area contributed by atoms with Crippen LogP contribution in [-0.2, 0) is 0 Å². The second-order valence-corrected chi connectivity index (χ2v) is 7.23. The van der Waals surface area contributed by atoms with Gasteiger partial charge in [-0.15, -0.1) is 0 Å². The van der Waals surface area contributed by atoms with Crippen LogP contribution >= 0.6 is 11.6 Å². The summed E-state index contributed by atoms with van der Waals surface area (Å²) in [7, 11) is 0. The number of rotatable bonds is 4. The molecule has 0 spiro atoms. The molecule has 1 saturated carbocycles. The molecule has 1 aliphatic carbocycles. The molecular formula is C21H20ClN3O3. The molecule has 2 aromatic carbocycles. The van der Waals surface area contributed by atoms with Gasteiger partial charge in [0, 0.05) is 11.4 Å². The summed E-state index contributed by atoms with van der Waals surface area (Å²) in [6, 6.07) is 13.9. The summed E-state index contributed by atoms with van der Waals surface area (Å²) in [5, 5.41) is 9.91. The number of hydrogen-bond donors (Lipinski definition) is 3. The van der Waals surface area contributed by atoms with Gasteiger partial charge in [0.25, 0.3) is 0 Å². The van der Waals surface area contributed by atoms with Crippen LogP contribution in [0.25, 0.3) is 11.0 Å². The highest BCUT2D eigenvalue weighted by atomic mass is 35.5. The van der Waals surface area contributed by atoms with Gasteiger partial charge in [-0.1, -0.05) is 48.7 Å². The Balaban J connectivity index is 1.68. The van der Waals surface area contributed by atoms with Crippen LogP contribution in [0.1, 0.15) is 25.7 Å². The van der Waals surface area contributed by atoms with E-state index in [1.165, 1.54) is 0 Å². The molecule has 0 atom stereocenters. The molecule has 7 heteroatoms. The summed E-state index contributed by atoms with van der Waals surface area (Å²) in [4.78, 5) is 25.1. The van der Waals surface area contributed by atoms with Crippen molar-refractivity contribution in [1.29, 1.82) is 0 Å². The normalized spacial score (nSPS) is 14.2. The SMILES string of the molecule is O=C(Nc1ccccc1Cl)Nc1c(NC2CCCC2)c2ccccc2oc1=O. The first-order valence-electron chi connectivity index (χ1n) is 9.27. The summed E-state index contributed by atoms with van der Waals surface area (Å²) in [6.07, 6.45) is 4.35. The zero-order chi connectivity index (χ0) is 19.5. The molecule has 6 nitrogen and oxygen atoms in total. The first-order valence-corrected chi connectivity index (χ1v) is 9.64. The number of anilines is 3. The van der Waals surface area contributed by atoms with Crippen LogP contribution in [0.2, 0.25) is 5.02 Å². The smallest absolute Gasteiger partial charge is 0.362 e. The summed E-state index contributed by atoms with van der Waals surface area (Å²) >= 11 is 6.09. The third kappa shape index (κ3) is 3.82. The predicted octanol–water partition coefficient (Wildman–Crippen LogP) is 5.44. The minimum absolute atomic E-state index is 0.0927. The van der Waals surface area contributed by atoms with Gasteiger partial charge in [0.05, 0.1) is 16.4 Å². The maximum absolute atomic E-state index is 12.6. The molecule has 144 valence electrons. The van der Waals surface area contributed by atoms with Crippen LogP contribution in [0, 0.1) is 0 Å². The first-order chi connectivity index (χ1) is 13.6. The van der Waals surface area contributed by atoms with Crippen LogP contribution in [-0.4, -0.2) is 12.1 Å². The van der Waals surface area contributed by atoms with Crippen molar-refractivity contribution < 1.29 is 9.21 Å². The Hall–Kier alpha value is -2.99. The topological polar surface area (TPSA) is 83.4 Å². The van der Waals surface area contributed by atoms with Crippen molar-refractivity contribution in [3.63, 3.8) is 0 Å². The van der Waals surface area contributed by atoms with Gasteiger partial charge in [-0.25, -0.2) is 9.59 Å². The second-order valence-electron chi connectivity index (χ2n) is 6.82. The molecule has 0 saturated heterocycles. The number of para-hydroxylation sites is 2. The van der Waals surface area contributed by atoms with Gasteiger partial charge in [-0.05, 0) is 37.1 Å². The fourth-order valence-electron chi connectivity index (χ4n) is 3.52. The molecule has 3 aromatic rings. The molecule has 0 aliphatic heterocycles. The van der Waals surface area contributed by atoms with E-state index in [2.05, 4.69) is 16.0 Å². The largest absolute Gasteiger partial charge is 0.421 e. The van der Waals surface area contributed by atoms with E-state index in [1.54, 1.807) is 30.3 Å². The summed E-state index contributed by atoms with van der Waals surface area (Å²) < 4.78 is 5.41. The Bertz CT molecular complexity index is 1070. The lowest BCUT2D eigenvalue weighted by atomic mass is 10.1. The van der Waals surface area contributed by atoms with Crippen molar-refractivity contribution in [1.82, 2.24) is 0 Å². The molecule has 28 heavy (non-hydrogen) atoms. The zero-order valence-corrected chi connectivity index (χ0v) is 15.9. The van der Waals surface area contributed by atoms with Crippen molar-refractivity contribution >= 4 is 45.7 Å². The van der Waals surface area contributed by atoms with Crippen molar-refractivity contribution in [2.75, 3.05) is 16.0 Å². The predicted molar refractivity (Wildman–Crippen MR) is 112 cm³/mol. The van der Waals surface area contributed by atoms with Crippen LogP contribution in [0.15, 0.2) is 57.7 Å². The number of benzene rings is 2. The molecule has 4 rings (SSSR count). The standard InChI is InChI=1S/C21H20ClN3O3/c22-15-10-4-5-11-16(15)24-21(27)25-19-18(23-13-7-1-2-8-13)14-9-3-6-12-17(14)28-20(19)26/h3-6,9-13,23H,1-2,7-8H2,(H2,24,25,27). The third-order valence-corrected chi connectivity index (χ3v) is 5.21. The quantitative estimate of drug-likeness (QED) is 0.511. The highest BCUT2D eigenvalue weighted by Gasteiger charge is 2.22. The van der Waals surface area contributed by atoms with Gasteiger partial charge >= 0.3 is 11.7 Å². The fraction of sp³-hybridized carbons (Fsp3) is 0.238. The molecule has 0 radical (unpaired) electrons. The van der Waals surface area contributed by atoms with Gasteiger partial charge in [-0.2, -0.15) is 0 Å². The van der Waals surface area contributed by atoms with E-state index in [1.807, 2.05) is 18.2 Å². The van der Waals surface area contributed by atoms with Gasteiger partial charge in [0.15, 0.2) is 5.69 Å². The number of halogens is 1. The van der Waals surface area contributed by atoms with E-state index >= 15 is 0 Å². The average Bonchev–Trinajstić information content (AvgIpc) is 3.19. The van der Waals surface area contributed by atoms with Crippen LogP contribution in [0.4, 0.5) is 21.9 Å². The number of amides is 2. The van der Waals surface area contributed by atoms with Crippen molar-refractivity contribution in [3.05, 3.63) is 64.0 Å². The van der Waals surface area contributed by atoms with E-state index in [9.17, 15) is 9.59 Å². The Morgan fingerprint density at radius 3 is 2.46 bits per heavy atom. The van der Waals surface area contributed by atoms with Gasteiger partial charge < -0.3 is 15.1 Å². The third-order valence-electron chi connectivity index (χ3n) is 4.88. The minimum Gasteiger partial charge on any atom is -0.421 e. The lowest BCUT2D eigenvalue weighted by Gasteiger charge is -2.18. The summed E-state index contributed by atoms with van der Waals surface area (Å²) in [6.45, 7) is 0. The Morgan fingerprint density at radius 1 is 0.964 bits per heavy atom. The zero-order valence-electron chi connectivity index (χ0n) is 15.1. The van der Waals surface area contributed by atoms with Crippen molar-refractivity contribution in [3.8, 4) is 0 Å². The molecule has 3 N–H and O–H groups in total. The van der Waals surface area contributed by atoms with E-state index in [0.717, 1.165) is 31.1 Å². The number of fused-ring (bicyclic) bond motifs is 1. The Kier molecular flexibility index (Phi) is 5.21. The van der Waals surface area contributed by atoms with E-state index in [0.29, 0.717) is 22.0 Å². The molecule has 1 aliphatic rings. The van der Waals surface area contributed by atoms with Gasteiger partial charge in [0.1, 0.15) is 5.58 Å². The van der Waals surface area contributed by atoms with Crippen LogP contribution in [0.3, 0.4) is 0 Å². The van der Waals surface area contributed by atoms with E-state index in [4.69, 9.17) is 16.0 Å². The van der Waals surface area contributed by atoms with Crippen molar-refractivity contribution in [2.24, 2.45) is 0 Å². The average molecular weight is 398 g/mol. The maximum Gasteiger partial charge on any atom is 0.362 e. The maximum atomic E-state index is 12.6. The molecule has 1 heterocycles. The minimum atomic E-state index is -0.603. The molecule has 1 fully saturated rings. The number of nitrogens with one attached hydrogen (secondary N) is 3. The number of carbonyl (C=O) groups is 1. The van der Waals surface area contributed by atoms with E-state index < -0.39 is 11.7 Å². The second kappa shape index (κ2) is 7.94. The molecule has 2 amide bonds. The number of hydrogen-bond acceptors (Lipinski definition) is 4. The van der Waals surface area contributed by atoms with E-state index in [-0.39, 0.29) is 11.7 Å². The van der Waals surface area contributed by atoms with Gasteiger partial charge in [0.2, 0.25) is 0 Å². The van der Waals surface area contributed by atoms with Crippen LogP contribution in [0.5, 0.6) is 0 Å².